The second-order valence-electron chi connectivity index (χ2n) is 5.87. The number of likely N-dealkylation sites (N-methyl/N-ethyl adjacent to an activating group) is 1. The Hall–Kier alpha value is -1.88. The number of rotatable bonds is 1. The van der Waals surface area contributed by atoms with E-state index in [0.717, 1.165) is 43.9 Å². The van der Waals surface area contributed by atoms with Gasteiger partial charge in [-0.2, -0.15) is 0 Å². The third kappa shape index (κ3) is 2.93. The SMILES string of the molecule is CN1CCCN(C(=O)C2CC(=O)Nc3ccccc32)CC1. The molecule has 1 N–H and O–H groups in total. The van der Waals surface area contributed by atoms with Gasteiger partial charge in [0.1, 0.15) is 0 Å². The molecular weight excluding hydrogens is 266 g/mol. The average Bonchev–Trinajstić information content (AvgIpc) is 2.70. The molecule has 0 aromatic heterocycles. The summed E-state index contributed by atoms with van der Waals surface area (Å²) in [6.07, 6.45) is 1.24. The average molecular weight is 287 g/mol. The number of nitrogens with zero attached hydrogens (tertiary/aromatic N) is 2. The highest BCUT2D eigenvalue weighted by Gasteiger charge is 2.33. The quantitative estimate of drug-likeness (QED) is 0.846. The van der Waals surface area contributed by atoms with Crippen molar-refractivity contribution in [2.24, 2.45) is 0 Å². The molecule has 0 radical (unpaired) electrons. The normalized spacial score (nSPS) is 23.2. The van der Waals surface area contributed by atoms with Crippen LogP contribution in [0.5, 0.6) is 0 Å². The van der Waals surface area contributed by atoms with Crippen molar-refractivity contribution in [3.63, 3.8) is 0 Å². The van der Waals surface area contributed by atoms with E-state index in [9.17, 15) is 9.59 Å². The van der Waals surface area contributed by atoms with Crippen LogP contribution >= 0.6 is 0 Å². The number of benzene rings is 1. The number of carbonyl (C=O) groups excluding carboxylic acids is 2. The molecule has 5 nitrogen and oxygen atoms in total. The van der Waals surface area contributed by atoms with Crippen molar-refractivity contribution in [2.45, 2.75) is 18.8 Å². The van der Waals surface area contributed by atoms with Crippen LogP contribution in [0.4, 0.5) is 5.69 Å². The van der Waals surface area contributed by atoms with E-state index >= 15 is 0 Å². The zero-order valence-electron chi connectivity index (χ0n) is 12.3. The Labute approximate surface area is 124 Å². The van der Waals surface area contributed by atoms with Gasteiger partial charge < -0.3 is 15.1 Å². The highest BCUT2D eigenvalue weighted by molar-refractivity contribution is 6.01. The van der Waals surface area contributed by atoms with Crippen LogP contribution in [-0.2, 0) is 9.59 Å². The fraction of sp³-hybridized carbons (Fsp3) is 0.500. The zero-order chi connectivity index (χ0) is 14.8. The molecule has 5 heteroatoms. The molecule has 0 saturated carbocycles. The van der Waals surface area contributed by atoms with Gasteiger partial charge in [-0.15, -0.1) is 0 Å². The van der Waals surface area contributed by atoms with Gasteiger partial charge >= 0.3 is 0 Å². The van der Waals surface area contributed by atoms with Crippen LogP contribution in [0.15, 0.2) is 24.3 Å². The second-order valence-corrected chi connectivity index (χ2v) is 5.87. The molecule has 1 unspecified atom stereocenters. The number of para-hydroxylation sites is 1. The molecule has 2 aliphatic heterocycles. The van der Waals surface area contributed by atoms with E-state index in [-0.39, 0.29) is 24.2 Å². The summed E-state index contributed by atoms with van der Waals surface area (Å²) in [6.45, 7) is 3.44. The third-order valence-electron chi connectivity index (χ3n) is 4.33. The van der Waals surface area contributed by atoms with Gasteiger partial charge in [-0.3, -0.25) is 9.59 Å². The van der Waals surface area contributed by atoms with Gasteiger partial charge in [0.2, 0.25) is 11.8 Å². The molecular formula is C16H21N3O2. The number of hydrogen-bond acceptors (Lipinski definition) is 3. The van der Waals surface area contributed by atoms with Crippen LogP contribution in [0.3, 0.4) is 0 Å². The summed E-state index contributed by atoms with van der Waals surface area (Å²) < 4.78 is 0. The van der Waals surface area contributed by atoms with E-state index in [1.807, 2.05) is 29.2 Å². The van der Waals surface area contributed by atoms with Crippen LogP contribution in [0.1, 0.15) is 24.3 Å². The van der Waals surface area contributed by atoms with E-state index < -0.39 is 0 Å². The smallest absolute Gasteiger partial charge is 0.230 e. The lowest BCUT2D eigenvalue weighted by Gasteiger charge is -2.30. The number of nitrogens with one attached hydrogen (secondary N) is 1. The van der Waals surface area contributed by atoms with Crippen LogP contribution in [0.25, 0.3) is 0 Å². The minimum absolute atomic E-state index is 0.0704. The predicted molar refractivity (Wildman–Crippen MR) is 81.1 cm³/mol. The van der Waals surface area contributed by atoms with Crippen molar-refractivity contribution in [3.8, 4) is 0 Å². The van der Waals surface area contributed by atoms with E-state index in [0.29, 0.717) is 0 Å². The summed E-state index contributed by atoms with van der Waals surface area (Å²) in [5.74, 6) is -0.315. The Bertz CT molecular complexity index is 558. The van der Waals surface area contributed by atoms with Gasteiger partial charge in [-0.25, -0.2) is 0 Å². The summed E-state index contributed by atoms with van der Waals surface area (Å²) in [7, 11) is 2.08. The molecule has 3 rings (SSSR count). The maximum atomic E-state index is 12.8. The first-order chi connectivity index (χ1) is 10.1. The molecule has 2 heterocycles. The third-order valence-corrected chi connectivity index (χ3v) is 4.33. The molecule has 21 heavy (non-hydrogen) atoms. The molecule has 1 atom stereocenters. The van der Waals surface area contributed by atoms with Crippen molar-refractivity contribution in [1.29, 1.82) is 0 Å². The van der Waals surface area contributed by atoms with Gasteiger partial charge in [0.15, 0.2) is 0 Å². The van der Waals surface area contributed by atoms with Crippen molar-refractivity contribution >= 4 is 17.5 Å². The molecule has 1 saturated heterocycles. The molecule has 1 fully saturated rings. The molecule has 0 aliphatic carbocycles. The van der Waals surface area contributed by atoms with Crippen molar-refractivity contribution < 1.29 is 9.59 Å². The standard InChI is InChI=1S/C16H21N3O2/c1-18-7-4-8-19(10-9-18)16(21)13-11-15(20)17-14-6-3-2-5-12(13)14/h2-3,5-6,13H,4,7-11H2,1H3,(H,17,20). The van der Waals surface area contributed by atoms with Crippen LogP contribution in [0.2, 0.25) is 0 Å². The molecule has 0 spiro atoms. The number of carbonyl (C=O) groups is 2. The van der Waals surface area contributed by atoms with Gasteiger partial charge in [0.25, 0.3) is 0 Å². The molecule has 2 amide bonds. The Morgan fingerprint density at radius 1 is 1.19 bits per heavy atom. The van der Waals surface area contributed by atoms with E-state index in [1.165, 1.54) is 0 Å². The van der Waals surface area contributed by atoms with Gasteiger partial charge in [-0.1, -0.05) is 18.2 Å². The predicted octanol–water partition coefficient (Wildman–Crippen LogP) is 1.28. The monoisotopic (exact) mass is 287 g/mol. The number of fused-ring (bicyclic) bond motifs is 1. The molecule has 1 aromatic carbocycles. The minimum atomic E-state index is -0.335. The first-order valence-corrected chi connectivity index (χ1v) is 7.51. The fourth-order valence-corrected chi connectivity index (χ4v) is 3.12. The Kier molecular flexibility index (Phi) is 3.92. The number of amides is 2. The van der Waals surface area contributed by atoms with E-state index in [4.69, 9.17) is 0 Å². The number of hydrogen-bond donors (Lipinski definition) is 1. The van der Waals surface area contributed by atoms with Gasteiger partial charge in [0.05, 0.1) is 5.92 Å². The van der Waals surface area contributed by atoms with Gasteiger partial charge in [0, 0.05) is 31.7 Å². The molecule has 1 aromatic rings. The summed E-state index contributed by atoms with van der Waals surface area (Å²) in [5.41, 5.74) is 1.72. The van der Waals surface area contributed by atoms with E-state index in [1.54, 1.807) is 0 Å². The summed E-state index contributed by atoms with van der Waals surface area (Å²) in [6, 6.07) is 7.61. The summed E-state index contributed by atoms with van der Waals surface area (Å²) in [5, 5.41) is 2.85. The molecule has 112 valence electrons. The fourth-order valence-electron chi connectivity index (χ4n) is 3.12. The van der Waals surface area contributed by atoms with Crippen molar-refractivity contribution in [2.75, 3.05) is 38.5 Å². The summed E-state index contributed by atoms with van der Waals surface area (Å²) >= 11 is 0. The Morgan fingerprint density at radius 2 is 2.00 bits per heavy atom. The lowest BCUT2D eigenvalue weighted by Crippen LogP contribution is -2.40. The maximum Gasteiger partial charge on any atom is 0.230 e. The molecule has 2 aliphatic rings. The lowest BCUT2D eigenvalue weighted by molar-refractivity contribution is -0.134. The van der Waals surface area contributed by atoms with E-state index in [2.05, 4.69) is 17.3 Å². The Balaban J connectivity index is 1.82. The van der Waals surface area contributed by atoms with Crippen LogP contribution < -0.4 is 5.32 Å². The lowest BCUT2D eigenvalue weighted by atomic mass is 9.89. The highest BCUT2D eigenvalue weighted by Crippen LogP contribution is 2.33. The van der Waals surface area contributed by atoms with Gasteiger partial charge in [-0.05, 0) is 31.6 Å². The van der Waals surface area contributed by atoms with Crippen LogP contribution in [-0.4, -0.2) is 54.8 Å². The largest absolute Gasteiger partial charge is 0.341 e. The van der Waals surface area contributed by atoms with Crippen molar-refractivity contribution in [3.05, 3.63) is 29.8 Å². The maximum absolute atomic E-state index is 12.8. The van der Waals surface area contributed by atoms with Crippen molar-refractivity contribution in [1.82, 2.24) is 9.80 Å². The number of anilines is 1. The summed E-state index contributed by atoms with van der Waals surface area (Å²) in [4.78, 5) is 28.9. The topological polar surface area (TPSA) is 52.7 Å². The van der Waals surface area contributed by atoms with Crippen LogP contribution in [0, 0.1) is 0 Å². The first kappa shape index (κ1) is 14.1. The molecule has 0 bridgehead atoms. The minimum Gasteiger partial charge on any atom is -0.341 e. The zero-order valence-corrected chi connectivity index (χ0v) is 12.3. The highest BCUT2D eigenvalue weighted by atomic mass is 16.2. The second kappa shape index (κ2) is 5.85. The first-order valence-electron chi connectivity index (χ1n) is 7.51. The Morgan fingerprint density at radius 3 is 2.86 bits per heavy atom.